The minimum absolute atomic E-state index is 0.527. The van der Waals surface area contributed by atoms with Gasteiger partial charge in [0.2, 0.25) is 0 Å². The number of benzene rings is 1. The Hall–Kier alpha value is -1.11. The zero-order valence-corrected chi connectivity index (χ0v) is 7.41. The van der Waals surface area contributed by atoms with E-state index in [0.29, 0.717) is 12.1 Å². The van der Waals surface area contributed by atoms with Crippen molar-refractivity contribution in [3.8, 4) is 0 Å². The van der Waals surface area contributed by atoms with Gasteiger partial charge < -0.3 is 0 Å². The summed E-state index contributed by atoms with van der Waals surface area (Å²) in [5.74, 6) is -6.27. The molecular formula is C7H4F4O2S. The van der Waals surface area contributed by atoms with Gasteiger partial charge in [0.25, 0.3) is 0 Å². The minimum atomic E-state index is -4.96. The number of halogens is 4. The maximum Gasteiger partial charge on any atom is 0.306 e. The average Bonchev–Trinajstić information content (AvgIpc) is 2.04. The van der Waals surface area contributed by atoms with Crippen LogP contribution in [0.3, 0.4) is 0 Å². The third-order valence-corrected chi connectivity index (χ3v) is 2.10. The van der Waals surface area contributed by atoms with E-state index in [1.807, 2.05) is 0 Å². The Morgan fingerprint density at radius 2 is 1.64 bits per heavy atom. The molecule has 14 heavy (non-hydrogen) atoms. The first kappa shape index (κ1) is 11.0. The Kier molecular flexibility index (Phi) is 2.79. The molecule has 78 valence electrons. The summed E-state index contributed by atoms with van der Waals surface area (Å²) < 4.78 is 69.9. The smallest absolute Gasteiger partial charge is 0.204 e. The van der Waals surface area contributed by atoms with Crippen LogP contribution in [-0.2, 0) is 16.0 Å². The fourth-order valence-electron chi connectivity index (χ4n) is 0.863. The standard InChI is InChI=1S/C7H4F4O2S/c8-5-2-1-4(3-14(11,12)13)6(9)7(5)10/h1-2H,3H2. The molecule has 0 radical (unpaired) electrons. The Morgan fingerprint density at radius 1 is 1.07 bits per heavy atom. The van der Waals surface area contributed by atoms with Crippen molar-refractivity contribution in [1.82, 2.24) is 0 Å². The van der Waals surface area contributed by atoms with E-state index in [2.05, 4.69) is 0 Å². The van der Waals surface area contributed by atoms with Crippen molar-refractivity contribution in [3.05, 3.63) is 35.1 Å². The molecule has 0 atom stereocenters. The quantitative estimate of drug-likeness (QED) is 0.440. The molecule has 0 unspecified atom stereocenters. The molecule has 0 bridgehead atoms. The van der Waals surface area contributed by atoms with Crippen LogP contribution >= 0.6 is 0 Å². The number of hydrogen-bond donors (Lipinski definition) is 0. The topological polar surface area (TPSA) is 34.1 Å². The van der Waals surface area contributed by atoms with Crippen molar-refractivity contribution in [2.24, 2.45) is 0 Å². The first-order valence-corrected chi connectivity index (χ1v) is 4.91. The Balaban J connectivity index is 3.19. The summed E-state index contributed by atoms with van der Waals surface area (Å²) in [7, 11) is -4.96. The minimum Gasteiger partial charge on any atom is -0.204 e. The molecule has 1 rings (SSSR count). The predicted molar refractivity (Wildman–Crippen MR) is 40.0 cm³/mol. The van der Waals surface area contributed by atoms with Gasteiger partial charge in [-0.2, -0.15) is 8.42 Å². The van der Waals surface area contributed by atoms with Gasteiger partial charge in [0.05, 0.1) is 0 Å². The third-order valence-electron chi connectivity index (χ3n) is 1.44. The molecule has 0 aliphatic rings. The van der Waals surface area contributed by atoms with Crippen LogP contribution in [0.2, 0.25) is 0 Å². The molecule has 0 amide bonds. The molecule has 0 saturated carbocycles. The van der Waals surface area contributed by atoms with Crippen molar-refractivity contribution in [3.63, 3.8) is 0 Å². The predicted octanol–water partition coefficient (Wildman–Crippen LogP) is 1.90. The van der Waals surface area contributed by atoms with Gasteiger partial charge in [-0.1, -0.05) is 6.07 Å². The second-order valence-electron chi connectivity index (χ2n) is 2.52. The lowest BCUT2D eigenvalue weighted by molar-refractivity contribution is 0.442. The van der Waals surface area contributed by atoms with Crippen LogP contribution in [-0.4, -0.2) is 8.42 Å². The first-order valence-electron chi connectivity index (χ1n) is 3.36. The van der Waals surface area contributed by atoms with Gasteiger partial charge in [-0.3, -0.25) is 0 Å². The molecule has 2 nitrogen and oxygen atoms in total. The van der Waals surface area contributed by atoms with Crippen LogP contribution in [0.25, 0.3) is 0 Å². The van der Waals surface area contributed by atoms with Crippen LogP contribution < -0.4 is 0 Å². The SMILES string of the molecule is O=S(=O)(F)Cc1ccc(F)c(F)c1F. The summed E-state index contributed by atoms with van der Waals surface area (Å²) in [5.41, 5.74) is -0.744. The number of rotatable bonds is 2. The summed E-state index contributed by atoms with van der Waals surface area (Å²) in [6, 6.07) is 1.20. The molecule has 0 aliphatic carbocycles. The molecule has 0 fully saturated rings. The molecule has 0 spiro atoms. The summed E-state index contributed by atoms with van der Waals surface area (Å²) in [5, 5.41) is 0. The third kappa shape index (κ3) is 2.44. The van der Waals surface area contributed by atoms with Gasteiger partial charge in [-0.25, -0.2) is 13.2 Å². The Morgan fingerprint density at radius 3 is 2.14 bits per heavy atom. The second kappa shape index (κ2) is 3.56. The van der Waals surface area contributed by atoms with E-state index in [9.17, 15) is 25.5 Å². The fourth-order valence-corrected chi connectivity index (χ4v) is 1.46. The second-order valence-corrected chi connectivity index (χ2v) is 3.88. The zero-order chi connectivity index (χ0) is 10.9. The zero-order valence-electron chi connectivity index (χ0n) is 6.60. The van der Waals surface area contributed by atoms with Crippen molar-refractivity contribution in [2.45, 2.75) is 5.75 Å². The van der Waals surface area contributed by atoms with Crippen molar-refractivity contribution >= 4 is 10.2 Å². The maximum absolute atomic E-state index is 12.7. The highest BCUT2D eigenvalue weighted by Gasteiger charge is 2.18. The molecule has 1 aromatic rings. The van der Waals surface area contributed by atoms with Crippen molar-refractivity contribution < 1.29 is 25.5 Å². The summed E-state index contributed by atoms with van der Waals surface area (Å²) in [6.07, 6.45) is 0. The number of hydrogen-bond acceptors (Lipinski definition) is 2. The van der Waals surface area contributed by atoms with E-state index >= 15 is 0 Å². The maximum atomic E-state index is 12.7. The molecule has 0 aliphatic heterocycles. The lowest BCUT2D eigenvalue weighted by Gasteiger charge is -2.01. The molecular weight excluding hydrogens is 224 g/mol. The fraction of sp³-hybridized carbons (Fsp3) is 0.143. The largest absolute Gasteiger partial charge is 0.306 e. The van der Waals surface area contributed by atoms with Crippen LogP contribution in [0.4, 0.5) is 17.1 Å². The van der Waals surface area contributed by atoms with E-state index in [0.717, 1.165) is 0 Å². The first-order chi connectivity index (χ1) is 6.31. The molecule has 0 N–H and O–H groups in total. The highest BCUT2D eigenvalue weighted by Crippen LogP contribution is 2.17. The monoisotopic (exact) mass is 228 g/mol. The van der Waals surface area contributed by atoms with Gasteiger partial charge in [0.1, 0.15) is 5.75 Å². The normalized spacial score (nSPS) is 11.7. The summed E-state index contributed by atoms with van der Waals surface area (Å²) in [6.45, 7) is 0. The van der Waals surface area contributed by atoms with E-state index in [1.54, 1.807) is 0 Å². The molecule has 1 aromatic carbocycles. The van der Waals surface area contributed by atoms with Gasteiger partial charge in [0.15, 0.2) is 17.5 Å². The van der Waals surface area contributed by atoms with Gasteiger partial charge in [-0.15, -0.1) is 3.89 Å². The Labute approximate surface area is 77.4 Å². The van der Waals surface area contributed by atoms with Gasteiger partial charge >= 0.3 is 10.2 Å². The lowest BCUT2D eigenvalue weighted by Crippen LogP contribution is -2.02. The van der Waals surface area contributed by atoms with Crippen LogP contribution in [0.15, 0.2) is 12.1 Å². The van der Waals surface area contributed by atoms with Crippen LogP contribution in [0.1, 0.15) is 5.56 Å². The summed E-state index contributed by atoms with van der Waals surface area (Å²) >= 11 is 0. The van der Waals surface area contributed by atoms with Crippen LogP contribution in [0, 0.1) is 17.5 Å². The lowest BCUT2D eigenvalue weighted by atomic mass is 10.2. The van der Waals surface area contributed by atoms with Crippen molar-refractivity contribution in [2.75, 3.05) is 0 Å². The van der Waals surface area contributed by atoms with Gasteiger partial charge in [-0.05, 0) is 6.07 Å². The highest BCUT2D eigenvalue weighted by molar-refractivity contribution is 7.85. The highest BCUT2D eigenvalue weighted by atomic mass is 32.3. The van der Waals surface area contributed by atoms with E-state index in [-0.39, 0.29) is 0 Å². The van der Waals surface area contributed by atoms with E-state index < -0.39 is 39.0 Å². The molecule has 0 heterocycles. The Bertz CT molecular complexity index is 455. The average molecular weight is 228 g/mol. The van der Waals surface area contributed by atoms with Crippen LogP contribution in [0.5, 0.6) is 0 Å². The van der Waals surface area contributed by atoms with Gasteiger partial charge in [0, 0.05) is 5.56 Å². The summed E-state index contributed by atoms with van der Waals surface area (Å²) in [4.78, 5) is 0. The van der Waals surface area contributed by atoms with E-state index in [1.165, 1.54) is 0 Å². The van der Waals surface area contributed by atoms with Crippen molar-refractivity contribution in [1.29, 1.82) is 0 Å². The molecule has 7 heteroatoms. The van der Waals surface area contributed by atoms with E-state index in [4.69, 9.17) is 0 Å². The molecule has 0 saturated heterocycles. The molecule has 0 aromatic heterocycles.